The van der Waals surface area contributed by atoms with Crippen LogP contribution in [0.1, 0.15) is 10.5 Å². The third kappa shape index (κ3) is 2.60. The average Bonchev–Trinajstić information content (AvgIpc) is 2.32. The highest BCUT2D eigenvalue weighted by Gasteiger charge is 2.06. The van der Waals surface area contributed by atoms with Crippen LogP contribution in [0.4, 0.5) is 0 Å². The lowest BCUT2D eigenvalue weighted by Crippen LogP contribution is -1.89. The van der Waals surface area contributed by atoms with Crippen molar-refractivity contribution in [1.29, 1.82) is 0 Å². The van der Waals surface area contributed by atoms with Gasteiger partial charge in [0, 0.05) is 11.8 Å². The minimum atomic E-state index is 0.218. The number of benzene rings is 1. The molecule has 0 aliphatic rings. The number of carbonyl (C=O) groups excluding carboxylic acids is 1. The normalized spacial score (nSPS) is 10.3. The molecule has 86 valence electrons. The quantitative estimate of drug-likeness (QED) is 0.760. The van der Waals surface area contributed by atoms with E-state index in [2.05, 4.69) is 4.98 Å². The fourth-order valence-corrected chi connectivity index (χ4v) is 1.88. The minimum absolute atomic E-state index is 0.218. The summed E-state index contributed by atoms with van der Waals surface area (Å²) in [6, 6.07) is 6.89. The highest BCUT2D eigenvalue weighted by atomic mass is 35.5. The number of carbonyl (C=O) groups is 1. The predicted molar refractivity (Wildman–Crippen MR) is 70.1 cm³/mol. The Bertz CT molecular complexity index is 584. The van der Waals surface area contributed by atoms with Crippen molar-refractivity contribution in [3.63, 3.8) is 0 Å². The lowest BCUT2D eigenvalue weighted by Gasteiger charge is -2.04. The van der Waals surface area contributed by atoms with Gasteiger partial charge in [0.1, 0.15) is 5.69 Å². The Balaban J connectivity index is 2.49. The lowest BCUT2D eigenvalue weighted by atomic mass is 10.1. The molecular weight excluding hydrogens is 280 g/mol. The molecule has 2 aromatic rings. The molecule has 0 saturated carbocycles. The maximum atomic E-state index is 10.6. The van der Waals surface area contributed by atoms with Crippen LogP contribution in [0.15, 0.2) is 30.5 Å². The maximum Gasteiger partial charge on any atom is 0.169 e. The maximum absolute atomic E-state index is 10.6. The molecule has 1 aromatic heterocycles. The first-order valence-electron chi connectivity index (χ1n) is 4.68. The summed E-state index contributed by atoms with van der Waals surface area (Å²) in [6.45, 7) is 0. The van der Waals surface area contributed by atoms with Crippen LogP contribution >= 0.6 is 34.8 Å². The third-order valence-corrected chi connectivity index (χ3v) is 3.28. The highest BCUT2D eigenvalue weighted by Crippen LogP contribution is 2.29. The third-order valence-electron chi connectivity index (χ3n) is 2.23. The second kappa shape index (κ2) is 5.05. The Morgan fingerprint density at radius 2 is 1.65 bits per heavy atom. The van der Waals surface area contributed by atoms with E-state index in [0.717, 1.165) is 11.1 Å². The zero-order valence-corrected chi connectivity index (χ0v) is 10.7. The van der Waals surface area contributed by atoms with E-state index in [1.807, 2.05) is 6.07 Å². The first kappa shape index (κ1) is 12.4. The van der Waals surface area contributed by atoms with Gasteiger partial charge in [0.05, 0.1) is 15.1 Å². The molecule has 2 rings (SSSR count). The van der Waals surface area contributed by atoms with Crippen molar-refractivity contribution in [2.45, 2.75) is 0 Å². The summed E-state index contributed by atoms with van der Waals surface area (Å²) in [5.74, 6) is 0. The van der Waals surface area contributed by atoms with Crippen LogP contribution < -0.4 is 0 Å². The monoisotopic (exact) mass is 285 g/mol. The molecule has 0 radical (unpaired) electrons. The molecule has 0 aliphatic carbocycles. The van der Waals surface area contributed by atoms with Gasteiger partial charge in [-0.05, 0) is 23.8 Å². The zero-order valence-electron chi connectivity index (χ0n) is 8.45. The van der Waals surface area contributed by atoms with E-state index in [9.17, 15) is 4.79 Å². The molecular formula is C12H6Cl3NO. The lowest BCUT2D eigenvalue weighted by molar-refractivity contribution is 0.111. The Hall–Kier alpha value is -1.09. The molecule has 0 N–H and O–H groups in total. The summed E-state index contributed by atoms with van der Waals surface area (Å²) in [4.78, 5) is 14.5. The first-order valence-corrected chi connectivity index (χ1v) is 5.81. The van der Waals surface area contributed by atoms with Gasteiger partial charge in [-0.3, -0.25) is 9.78 Å². The minimum Gasteiger partial charge on any atom is -0.296 e. The SMILES string of the molecule is O=Cc1ncc(-c2ccc(Cl)c(Cl)c2)cc1Cl. The molecule has 0 amide bonds. The largest absolute Gasteiger partial charge is 0.296 e. The molecule has 0 aliphatic heterocycles. The van der Waals surface area contributed by atoms with Gasteiger partial charge in [-0.15, -0.1) is 0 Å². The molecule has 0 saturated heterocycles. The van der Waals surface area contributed by atoms with Crippen LogP contribution in [-0.2, 0) is 0 Å². The number of nitrogens with zero attached hydrogens (tertiary/aromatic N) is 1. The Morgan fingerprint density at radius 3 is 2.24 bits per heavy atom. The Labute approximate surface area is 113 Å². The van der Waals surface area contributed by atoms with Gasteiger partial charge in [0.2, 0.25) is 0 Å². The van der Waals surface area contributed by atoms with E-state index in [-0.39, 0.29) is 5.69 Å². The number of pyridine rings is 1. The topological polar surface area (TPSA) is 30.0 Å². The summed E-state index contributed by atoms with van der Waals surface area (Å²) in [6.07, 6.45) is 2.18. The van der Waals surface area contributed by atoms with Crippen molar-refractivity contribution in [3.05, 3.63) is 51.2 Å². The smallest absolute Gasteiger partial charge is 0.169 e. The van der Waals surface area contributed by atoms with Gasteiger partial charge >= 0.3 is 0 Å². The molecule has 2 nitrogen and oxygen atoms in total. The van der Waals surface area contributed by atoms with Gasteiger partial charge < -0.3 is 0 Å². The van der Waals surface area contributed by atoms with Crippen LogP contribution in [0.3, 0.4) is 0 Å². The van der Waals surface area contributed by atoms with Crippen molar-refractivity contribution >= 4 is 41.1 Å². The van der Waals surface area contributed by atoms with Gasteiger partial charge in [-0.25, -0.2) is 0 Å². The molecule has 0 spiro atoms. The fourth-order valence-electron chi connectivity index (χ4n) is 1.37. The molecule has 0 unspecified atom stereocenters. The summed E-state index contributed by atoms with van der Waals surface area (Å²) < 4.78 is 0. The van der Waals surface area contributed by atoms with Gasteiger partial charge in [-0.2, -0.15) is 0 Å². The van der Waals surface area contributed by atoms with E-state index < -0.39 is 0 Å². The fraction of sp³-hybridized carbons (Fsp3) is 0. The van der Waals surface area contributed by atoms with Crippen molar-refractivity contribution in [3.8, 4) is 11.1 Å². The van der Waals surface area contributed by atoms with E-state index in [1.165, 1.54) is 0 Å². The van der Waals surface area contributed by atoms with Crippen LogP contribution in [0.2, 0.25) is 15.1 Å². The summed E-state index contributed by atoms with van der Waals surface area (Å²) >= 11 is 17.6. The first-order chi connectivity index (χ1) is 8.11. The molecule has 0 atom stereocenters. The molecule has 1 heterocycles. The number of halogens is 3. The summed E-state index contributed by atoms with van der Waals surface area (Å²) in [5.41, 5.74) is 1.83. The van der Waals surface area contributed by atoms with E-state index >= 15 is 0 Å². The number of aldehydes is 1. The summed E-state index contributed by atoms with van der Waals surface area (Å²) in [5, 5.41) is 1.25. The second-order valence-electron chi connectivity index (χ2n) is 3.34. The van der Waals surface area contributed by atoms with E-state index in [1.54, 1.807) is 24.4 Å². The number of hydrogen-bond donors (Lipinski definition) is 0. The summed E-state index contributed by atoms with van der Waals surface area (Å²) in [7, 11) is 0. The molecule has 1 aromatic carbocycles. The number of aromatic nitrogens is 1. The Morgan fingerprint density at radius 1 is 0.941 bits per heavy atom. The standard InChI is InChI=1S/C12H6Cl3NO/c13-9-2-1-7(3-10(9)14)8-4-11(15)12(6-17)16-5-8/h1-6H. The number of hydrogen-bond acceptors (Lipinski definition) is 2. The van der Waals surface area contributed by atoms with Crippen molar-refractivity contribution < 1.29 is 4.79 Å². The van der Waals surface area contributed by atoms with Crippen molar-refractivity contribution in [1.82, 2.24) is 4.98 Å². The van der Waals surface area contributed by atoms with E-state index in [4.69, 9.17) is 34.8 Å². The molecule has 0 bridgehead atoms. The van der Waals surface area contributed by atoms with Crippen molar-refractivity contribution in [2.24, 2.45) is 0 Å². The van der Waals surface area contributed by atoms with Gasteiger partial charge in [-0.1, -0.05) is 40.9 Å². The van der Waals surface area contributed by atoms with Crippen molar-refractivity contribution in [2.75, 3.05) is 0 Å². The number of rotatable bonds is 2. The Kier molecular flexibility index (Phi) is 3.67. The second-order valence-corrected chi connectivity index (χ2v) is 4.56. The van der Waals surface area contributed by atoms with Gasteiger partial charge in [0.15, 0.2) is 6.29 Å². The van der Waals surface area contributed by atoms with Crippen LogP contribution in [0.5, 0.6) is 0 Å². The van der Waals surface area contributed by atoms with Crippen LogP contribution in [0, 0.1) is 0 Å². The molecule has 5 heteroatoms. The van der Waals surface area contributed by atoms with Crippen LogP contribution in [0.25, 0.3) is 11.1 Å². The van der Waals surface area contributed by atoms with E-state index in [0.29, 0.717) is 21.4 Å². The average molecular weight is 287 g/mol. The highest BCUT2D eigenvalue weighted by molar-refractivity contribution is 6.42. The van der Waals surface area contributed by atoms with Gasteiger partial charge in [0.25, 0.3) is 0 Å². The predicted octanol–water partition coefficient (Wildman–Crippen LogP) is 4.52. The van der Waals surface area contributed by atoms with Crippen LogP contribution in [-0.4, -0.2) is 11.3 Å². The zero-order chi connectivity index (χ0) is 12.4. The molecule has 0 fully saturated rings. The molecule has 17 heavy (non-hydrogen) atoms.